The normalized spacial score (nSPS) is 11.2. The first-order valence-electron chi connectivity index (χ1n) is 4.36. The molecule has 6 heteroatoms. The van der Waals surface area contributed by atoms with E-state index in [-0.39, 0.29) is 10.6 Å². The van der Waals surface area contributed by atoms with Crippen molar-refractivity contribution in [3.05, 3.63) is 48.5 Å². The van der Waals surface area contributed by atoms with Crippen LogP contribution in [0.5, 0.6) is 0 Å². The third-order valence-corrected chi connectivity index (χ3v) is 4.57. The maximum Gasteiger partial charge on any atom is 0.272 e. The average Bonchev–Trinajstić information content (AvgIpc) is 2.76. The van der Waals surface area contributed by atoms with Crippen molar-refractivity contribution in [3.8, 4) is 0 Å². The van der Waals surface area contributed by atoms with E-state index in [0.717, 1.165) is 9.11 Å². The van der Waals surface area contributed by atoms with Gasteiger partial charge < -0.3 is 0 Å². The molecule has 0 saturated heterocycles. The molecule has 0 amide bonds. The summed E-state index contributed by atoms with van der Waals surface area (Å²) in [7, 11) is 0. The van der Waals surface area contributed by atoms with Crippen molar-refractivity contribution in [1.82, 2.24) is 0 Å². The van der Waals surface area contributed by atoms with Crippen molar-refractivity contribution < 1.29 is 4.92 Å². The Labute approximate surface area is 107 Å². The van der Waals surface area contributed by atoms with Crippen LogP contribution in [0.1, 0.15) is 4.88 Å². The molecular weight excluding hydrogens is 262 g/mol. The van der Waals surface area contributed by atoms with E-state index in [1.165, 1.54) is 34.9 Å². The summed E-state index contributed by atoms with van der Waals surface area (Å²) in [5, 5.41) is 12.8. The topological polar surface area (TPSA) is 43.1 Å². The van der Waals surface area contributed by atoms with E-state index in [4.69, 9.17) is 0 Å². The lowest BCUT2D eigenvalue weighted by Gasteiger charge is -1.97. The van der Waals surface area contributed by atoms with E-state index in [1.54, 1.807) is 12.2 Å². The molecule has 0 unspecified atom stereocenters. The van der Waals surface area contributed by atoms with Gasteiger partial charge in [-0.15, -0.1) is 34.9 Å². The van der Waals surface area contributed by atoms with Gasteiger partial charge in [0, 0.05) is 21.3 Å². The van der Waals surface area contributed by atoms with Crippen LogP contribution in [-0.2, 0) is 0 Å². The summed E-state index contributed by atoms with van der Waals surface area (Å²) in [5.74, 6) is 0. The van der Waals surface area contributed by atoms with E-state index >= 15 is 0 Å². The van der Waals surface area contributed by atoms with Gasteiger partial charge in [0.1, 0.15) is 0 Å². The first kappa shape index (κ1) is 13.3. The summed E-state index contributed by atoms with van der Waals surface area (Å²) in [6.07, 6.45) is 7.02. The molecule has 16 heavy (non-hydrogen) atoms. The average molecular weight is 273 g/mol. The van der Waals surface area contributed by atoms with Crippen LogP contribution in [0.4, 0.5) is 0 Å². The second-order valence-electron chi connectivity index (χ2n) is 2.71. The summed E-state index contributed by atoms with van der Waals surface area (Å²) in [5.41, 5.74) is 0.126. The molecule has 0 radical (unpaired) electrons. The highest BCUT2D eigenvalue weighted by atomic mass is 32.2. The number of hydrogen-bond donors (Lipinski definition) is 0. The molecule has 0 aromatic carbocycles. The van der Waals surface area contributed by atoms with Gasteiger partial charge in [0.15, 0.2) is 0 Å². The van der Waals surface area contributed by atoms with E-state index in [9.17, 15) is 10.1 Å². The predicted molar refractivity (Wildman–Crippen MR) is 74.4 cm³/mol. The number of nitro groups is 1. The summed E-state index contributed by atoms with van der Waals surface area (Å²) in [6.45, 7) is 0. The van der Waals surface area contributed by atoms with Gasteiger partial charge in [-0.2, -0.15) is 0 Å². The van der Waals surface area contributed by atoms with Crippen LogP contribution in [0, 0.1) is 10.1 Å². The molecule has 1 heterocycles. The standard InChI is InChI=1S/C10H11NO2S3/c1-14-10(15-2)7-8(11(12)13)6-9-4-3-5-16-9/h3-7H,1-2H3/b8-6+. The van der Waals surface area contributed by atoms with Crippen molar-refractivity contribution in [2.75, 3.05) is 12.5 Å². The van der Waals surface area contributed by atoms with Crippen LogP contribution in [0.3, 0.4) is 0 Å². The molecule has 0 aliphatic rings. The Balaban J connectivity index is 3.00. The van der Waals surface area contributed by atoms with Gasteiger partial charge in [0.2, 0.25) is 0 Å². The largest absolute Gasteiger partial charge is 0.272 e. The fourth-order valence-corrected chi connectivity index (χ4v) is 2.79. The van der Waals surface area contributed by atoms with Crippen LogP contribution in [0.2, 0.25) is 0 Å². The summed E-state index contributed by atoms with van der Waals surface area (Å²) < 4.78 is 0.930. The number of thiophene rings is 1. The smallest absolute Gasteiger partial charge is 0.258 e. The Bertz CT molecular complexity index is 404. The Morgan fingerprint density at radius 2 is 2.19 bits per heavy atom. The van der Waals surface area contributed by atoms with Crippen molar-refractivity contribution in [2.24, 2.45) is 0 Å². The van der Waals surface area contributed by atoms with E-state index in [2.05, 4.69) is 0 Å². The van der Waals surface area contributed by atoms with Gasteiger partial charge in [-0.05, 0) is 24.0 Å². The monoisotopic (exact) mass is 273 g/mol. The molecule has 1 aromatic heterocycles. The maximum absolute atomic E-state index is 10.9. The quantitative estimate of drug-likeness (QED) is 0.463. The Morgan fingerprint density at radius 1 is 1.50 bits per heavy atom. The molecule has 0 aliphatic carbocycles. The number of thioether (sulfide) groups is 2. The third kappa shape index (κ3) is 4.03. The molecular formula is C10H11NO2S3. The molecule has 1 aromatic rings. The highest BCUT2D eigenvalue weighted by Gasteiger charge is 2.09. The summed E-state index contributed by atoms with van der Waals surface area (Å²) >= 11 is 4.51. The molecule has 1 rings (SSSR count). The number of hydrogen-bond acceptors (Lipinski definition) is 5. The Morgan fingerprint density at radius 3 is 2.62 bits per heavy atom. The van der Waals surface area contributed by atoms with Gasteiger partial charge >= 0.3 is 0 Å². The predicted octanol–water partition coefficient (Wildman–Crippen LogP) is 3.93. The molecule has 0 N–H and O–H groups in total. The van der Waals surface area contributed by atoms with Crippen LogP contribution < -0.4 is 0 Å². The highest BCUT2D eigenvalue weighted by molar-refractivity contribution is 8.21. The minimum Gasteiger partial charge on any atom is -0.258 e. The Hall–Kier alpha value is -0.720. The van der Waals surface area contributed by atoms with E-state index in [1.807, 2.05) is 30.0 Å². The number of allylic oxidation sites excluding steroid dienone is 1. The van der Waals surface area contributed by atoms with Crippen molar-refractivity contribution in [3.63, 3.8) is 0 Å². The zero-order valence-corrected chi connectivity index (χ0v) is 11.3. The first-order chi connectivity index (χ1) is 7.67. The van der Waals surface area contributed by atoms with Gasteiger partial charge in [0.25, 0.3) is 5.70 Å². The van der Waals surface area contributed by atoms with Gasteiger partial charge in [-0.1, -0.05) is 6.07 Å². The fraction of sp³-hybridized carbons (Fsp3) is 0.200. The second-order valence-corrected chi connectivity index (χ2v) is 5.65. The Kier molecular flexibility index (Phi) is 5.65. The lowest BCUT2D eigenvalue weighted by atomic mass is 10.3. The third-order valence-electron chi connectivity index (χ3n) is 1.71. The van der Waals surface area contributed by atoms with Gasteiger partial charge in [0.05, 0.1) is 4.92 Å². The molecule has 86 valence electrons. The van der Waals surface area contributed by atoms with Crippen molar-refractivity contribution in [1.29, 1.82) is 0 Å². The summed E-state index contributed by atoms with van der Waals surface area (Å²) in [4.78, 5) is 11.4. The first-order valence-corrected chi connectivity index (χ1v) is 7.69. The lowest BCUT2D eigenvalue weighted by molar-refractivity contribution is -0.417. The highest BCUT2D eigenvalue weighted by Crippen LogP contribution is 2.26. The van der Waals surface area contributed by atoms with Crippen molar-refractivity contribution in [2.45, 2.75) is 0 Å². The molecule has 0 saturated carbocycles. The molecule has 0 spiro atoms. The van der Waals surface area contributed by atoms with Crippen LogP contribution in [0.15, 0.2) is 33.5 Å². The molecule has 0 atom stereocenters. The fourth-order valence-electron chi connectivity index (χ4n) is 0.988. The van der Waals surface area contributed by atoms with E-state index < -0.39 is 0 Å². The molecule has 0 bridgehead atoms. The number of rotatable bonds is 5. The van der Waals surface area contributed by atoms with Crippen LogP contribution >= 0.6 is 34.9 Å². The van der Waals surface area contributed by atoms with Crippen LogP contribution in [-0.4, -0.2) is 17.4 Å². The van der Waals surface area contributed by atoms with E-state index in [0.29, 0.717) is 0 Å². The molecule has 0 aliphatic heterocycles. The lowest BCUT2D eigenvalue weighted by Crippen LogP contribution is -1.95. The maximum atomic E-state index is 10.9. The minimum atomic E-state index is -0.355. The van der Waals surface area contributed by atoms with Gasteiger partial charge in [-0.3, -0.25) is 10.1 Å². The summed E-state index contributed by atoms with van der Waals surface area (Å²) in [6, 6.07) is 3.74. The molecule has 3 nitrogen and oxygen atoms in total. The molecule has 0 fully saturated rings. The minimum absolute atomic E-state index is 0.126. The van der Waals surface area contributed by atoms with Crippen LogP contribution in [0.25, 0.3) is 6.08 Å². The SMILES string of the molecule is CSC(=C/C(=C\c1cccs1)[N+](=O)[O-])SC. The zero-order valence-electron chi connectivity index (χ0n) is 8.88. The van der Waals surface area contributed by atoms with Crippen molar-refractivity contribution >= 4 is 40.9 Å². The zero-order chi connectivity index (χ0) is 12.0. The van der Waals surface area contributed by atoms with Gasteiger partial charge in [-0.25, -0.2) is 0 Å². The second kappa shape index (κ2) is 6.78. The number of nitrogens with zero attached hydrogens (tertiary/aromatic N) is 1.